The van der Waals surface area contributed by atoms with Crippen LogP contribution in [0.2, 0.25) is 5.28 Å². The highest BCUT2D eigenvalue weighted by atomic mass is 35.5. The normalized spacial score (nSPS) is 10.5. The molecule has 78 valence electrons. The highest BCUT2D eigenvalue weighted by Crippen LogP contribution is 2.28. The van der Waals surface area contributed by atoms with Gasteiger partial charge in [-0.2, -0.15) is 15.0 Å². The van der Waals surface area contributed by atoms with Crippen molar-refractivity contribution in [2.45, 2.75) is 17.0 Å². The second-order valence-electron chi connectivity index (χ2n) is 2.69. The van der Waals surface area contributed by atoms with Gasteiger partial charge in [-0.3, -0.25) is 0 Å². The maximum atomic E-state index is 5.65. The van der Waals surface area contributed by atoms with Gasteiger partial charge in [0, 0.05) is 0 Å². The highest BCUT2D eigenvalue weighted by Gasteiger charge is 2.08. The molecule has 0 radical (unpaired) electrons. The Morgan fingerprint density at radius 2 is 2.20 bits per heavy atom. The van der Waals surface area contributed by atoms with Crippen molar-refractivity contribution < 1.29 is 4.42 Å². The highest BCUT2D eigenvalue weighted by molar-refractivity contribution is 7.99. The maximum Gasteiger partial charge on any atom is 0.228 e. The van der Waals surface area contributed by atoms with E-state index in [2.05, 4.69) is 15.0 Å². The molecule has 0 saturated heterocycles. The molecule has 0 atom stereocenters. The lowest BCUT2D eigenvalue weighted by atomic mass is 10.5. The van der Waals surface area contributed by atoms with Gasteiger partial charge in [-0.15, -0.1) is 0 Å². The van der Waals surface area contributed by atoms with Gasteiger partial charge in [0.1, 0.15) is 5.76 Å². The molecule has 0 unspecified atom stereocenters. The van der Waals surface area contributed by atoms with Crippen LogP contribution in [0.3, 0.4) is 0 Å². The number of aryl methyl sites for hydroxylation is 1. The third-order valence-corrected chi connectivity index (χ3v) is 2.80. The summed E-state index contributed by atoms with van der Waals surface area (Å²) in [4.78, 5) is 12.5. The Morgan fingerprint density at radius 3 is 2.80 bits per heavy atom. The molecule has 5 nitrogen and oxygen atoms in total. The summed E-state index contributed by atoms with van der Waals surface area (Å²) in [5.41, 5.74) is 5.44. The van der Waals surface area contributed by atoms with Crippen molar-refractivity contribution in [1.29, 1.82) is 0 Å². The van der Waals surface area contributed by atoms with Gasteiger partial charge < -0.3 is 10.2 Å². The van der Waals surface area contributed by atoms with Gasteiger partial charge >= 0.3 is 0 Å². The Morgan fingerprint density at radius 1 is 1.40 bits per heavy atom. The van der Waals surface area contributed by atoms with Gasteiger partial charge in [-0.1, -0.05) is 0 Å². The third-order valence-electron chi connectivity index (χ3n) is 1.62. The van der Waals surface area contributed by atoms with Gasteiger partial charge in [-0.25, -0.2) is 0 Å². The molecule has 0 aromatic carbocycles. The van der Waals surface area contributed by atoms with Gasteiger partial charge in [0.25, 0.3) is 0 Å². The van der Waals surface area contributed by atoms with Crippen LogP contribution in [0, 0.1) is 6.92 Å². The first kappa shape index (κ1) is 10.3. The molecule has 0 aliphatic carbocycles. The minimum atomic E-state index is 0.0890. The SMILES string of the molecule is Cc1occc1Sc1nc(N)nc(Cl)n1. The van der Waals surface area contributed by atoms with Crippen LogP contribution in [0.15, 0.2) is 26.8 Å². The van der Waals surface area contributed by atoms with E-state index in [-0.39, 0.29) is 11.2 Å². The molecular formula is C8H7ClN4OS. The molecule has 0 aliphatic rings. The van der Waals surface area contributed by atoms with Crippen molar-refractivity contribution in [3.05, 3.63) is 23.4 Å². The molecule has 2 heterocycles. The number of hydrogen-bond donors (Lipinski definition) is 1. The van der Waals surface area contributed by atoms with Crippen molar-refractivity contribution in [3.8, 4) is 0 Å². The zero-order valence-corrected chi connectivity index (χ0v) is 9.34. The average molecular weight is 243 g/mol. The number of nitrogens with two attached hydrogens (primary N) is 1. The van der Waals surface area contributed by atoms with Crippen LogP contribution in [-0.4, -0.2) is 15.0 Å². The second-order valence-corrected chi connectivity index (χ2v) is 4.04. The van der Waals surface area contributed by atoms with Gasteiger partial charge in [0.15, 0.2) is 5.16 Å². The summed E-state index contributed by atoms with van der Waals surface area (Å²) in [6.07, 6.45) is 1.60. The Hall–Kier alpha value is -1.27. The van der Waals surface area contributed by atoms with Crippen LogP contribution in [0.25, 0.3) is 0 Å². The van der Waals surface area contributed by atoms with Crippen LogP contribution in [0.1, 0.15) is 5.76 Å². The van der Waals surface area contributed by atoms with Crippen LogP contribution in [-0.2, 0) is 0 Å². The van der Waals surface area contributed by atoms with Crippen LogP contribution < -0.4 is 5.73 Å². The fourth-order valence-electron chi connectivity index (χ4n) is 0.970. The summed E-state index contributed by atoms with van der Waals surface area (Å²) in [6, 6.07) is 1.83. The fraction of sp³-hybridized carbons (Fsp3) is 0.125. The zero-order valence-electron chi connectivity index (χ0n) is 7.77. The van der Waals surface area contributed by atoms with E-state index in [1.54, 1.807) is 6.26 Å². The Balaban J connectivity index is 2.28. The molecule has 7 heteroatoms. The predicted octanol–water partition coefficient (Wildman–Crippen LogP) is 2.16. The number of halogens is 1. The van der Waals surface area contributed by atoms with E-state index < -0.39 is 0 Å². The largest absolute Gasteiger partial charge is 0.468 e. The van der Waals surface area contributed by atoms with E-state index in [9.17, 15) is 0 Å². The molecule has 0 fully saturated rings. The Labute approximate surface area is 95.1 Å². The fourth-order valence-corrected chi connectivity index (χ4v) is 1.97. The number of nitrogens with zero attached hydrogens (tertiary/aromatic N) is 3. The van der Waals surface area contributed by atoms with E-state index in [4.69, 9.17) is 21.8 Å². The lowest BCUT2D eigenvalue weighted by Gasteiger charge is -1.99. The molecule has 2 N–H and O–H groups in total. The summed E-state index contributed by atoms with van der Waals surface area (Å²) in [5.74, 6) is 0.911. The molecule has 0 saturated carbocycles. The van der Waals surface area contributed by atoms with E-state index >= 15 is 0 Å². The van der Waals surface area contributed by atoms with Gasteiger partial charge in [0.05, 0.1) is 11.2 Å². The average Bonchev–Trinajstić information content (AvgIpc) is 2.50. The Bertz CT molecular complexity index is 467. The topological polar surface area (TPSA) is 77.8 Å². The third kappa shape index (κ3) is 2.40. The molecule has 0 aliphatic heterocycles. The molecule has 2 aromatic heterocycles. The van der Waals surface area contributed by atoms with Crippen LogP contribution in [0.5, 0.6) is 0 Å². The standard InChI is InChI=1S/C8H7ClN4OS/c1-4-5(2-3-14-4)15-8-12-6(9)11-7(10)13-8/h2-3H,1H3,(H2,10,11,12,13). The Kier molecular flexibility index (Phi) is 2.79. The van der Waals surface area contributed by atoms with Crippen LogP contribution in [0.4, 0.5) is 5.95 Å². The minimum absolute atomic E-state index is 0.0890. The number of hydrogen-bond acceptors (Lipinski definition) is 6. The summed E-state index contributed by atoms with van der Waals surface area (Å²) in [6.45, 7) is 1.86. The summed E-state index contributed by atoms with van der Waals surface area (Å²) in [5, 5.41) is 0.545. The second kappa shape index (κ2) is 4.08. The van der Waals surface area contributed by atoms with Crippen molar-refractivity contribution in [2.24, 2.45) is 0 Å². The lowest BCUT2D eigenvalue weighted by Crippen LogP contribution is -1.98. The molecule has 2 rings (SSSR count). The lowest BCUT2D eigenvalue weighted by molar-refractivity contribution is 0.527. The van der Waals surface area contributed by atoms with Gasteiger partial charge in [0.2, 0.25) is 11.2 Å². The first-order chi connectivity index (χ1) is 7.15. The number of nitrogen functional groups attached to an aromatic ring is 1. The van der Waals surface area contributed by atoms with E-state index in [0.29, 0.717) is 5.16 Å². The van der Waals surface area contributed by atoms with Crippen LogP contribution >= 0.6 is 23.4 Å². The number of anilines is 1. The van der Waals surface area contributed by atoms with E-state index in [0.717, 1.165) is 10.7 Å². The zero-order chi connectivity index (χ0) is 10.8. The number of furan rings is 1. The number of aromatic nitrogens is 3. The summed E-state index contributed by atoms with van der Waals surface area (Å²) >= 11 is 6.98. The summed E-state index contributed by atoms with van der Waals surface area (Å²) in [7, 11) is 0. The minimum Gasteiger partial charge on any atom is -0.468 e. The van der Waals surface area contributed by atoms with Gasteiger partial charge in [-0.05, 0) is 36.4 Å². The van der Waals surface area contributed by atoms with Crippen molar-refractivity contribution in [1.82, 2.24) is 15.0 Å². The molecule has 0 bridgehead atoms. The first-order valence-electron chi connectivity index (χ1n) is 4.04. The molecule has 2 aromatic rings. The molecule has 15 heavy (non-hydrogen) atoms. The molecule has 0 amide bonds. The first-order valence-corrected chi connectivity index (χ1v) is 5.23. The van der Waals surface area contributed by atoms with Crippen molar-refractivity contribution >= 4 is 29.3 Å². The smallest absolute Gasteiger partial charge is 0.228 e. The maximum absolute atomic E-state index is 5.65. The molecule has 0 spiro atoms. The number of rotatable bonds is 2. The summed E-state index contributed by atoms with van der Waals surface area (Å²) < 4.78 is 5.14. The quantitative estimate of drug-likeness (QED) is 0.870. The van der Waals surface area contributed by atoms with E-state index in [1.807, 2.05) is 13.0 Å². The molecular weight excluding hydrogens is 236 g/mol. The monoisotopic (exact) mass is 242 g/mol. The predicted molar refractivity (Wildman–Crippen MR) is 56.8 cm³/mol. The van der Waals surface area contributed by atoms with Crippen molar-refractivity contribution in [2.75, 3.05) is 5.73 Å². The van der Waals surface area contributed by atoms with E-state index in [1.165, 1.54) is 11.8 Å². The van der Waals surface area contributed by atoms with Crippen molar-refractivity contribution in [3.63, 3.8) is 0 Å².